The molecule has 0 saturated heterocycles. The van der Waals surface area contributed by atoms with Gasteiger partial charge in [0.2, 0.25) is 0 Å². The molecule has 1 atom stereocenters. The van der Waals surface area contributed by atoms with Gasteiger partial charge >= 0.3 is 6.03 Å². The van der Waals surface area contributed by atoms with Crippen molar-refractivity contribution >= 4 is 42.3 Å². The van der Waals surface area contributed by atoms with Gasteiger partial charge in [0, 0.05) is 23.3 Å². The van der Waals surface area contributed by atoms with Crippen molar-refractivity contribution in [3.63, 3.8) is 0 Å². The lowest BCUT2D eigenvalue weighted by molar-refractivity contribution is -0.831. The number of benzene rings is 5. The summed E-state index contributed by atoms with van der Waals surface area (Å²) in [6.07, 6.45) is 13.8. The van der Waals surface area contributed by atoms with Gasteiger partial charge in [0.05, 0.1) is 11.1 Å². The number of ether oxygens (including phenoxy) is 2. The van der Waals surface area contributed by atoms with Crippen molar-refractivity contribution in [1.29, 1.82) is 0 Å². The molecule has 282 valence electrons. The zero-order chi connectivity index (χ0) is 38.4. The SMILES string of the molecule is CCCCCc1cc2c(c(C(C)(C)C)c1)OC13Oc4c(cc(CCCCP(c5ccccc5)c5ccccc5)cc4C(C)(C)C)C=[N+]1c1ccccc1[N+]3=C2. The highest BCUT2D eigenvalue weighted by molar-refractivity contribution is 7.73. The molecule has 0 fully saturated rings. The minimum absolute atomic E-state index is 0.112. The molecule has 3 aliphatic heterocycles. The molecular formula is C50H57N2O2P+2. The van der Waals surface area contributed by atoms with Crippen LogP contribution in [-0.2, 0) is 23.7 Å². The predicted molar refractivity (Wildman–Crippen MR) is 231 cm³/mol. The molecule has 5 aromatic carbocycles. The van der Waals surface area contributed by atoms with Gasteiger partial charge < -0.3 is 9.47 Å². The summed E-state index contributed by atoms with van der Waals surface area (Å²) in [5.41, 5.74) is 9.31. The van der Waals surface area contributed by atoms with Crippen LogP contribution in [0.25, 0.3) is 0 Å². The Balaban J connectivity index is 1.15. The second-order valence-electron chi connectivity index (χ2n) is 17.6. The van der Waals surface area contributed by atoms with Gasteiger partial charge in [-0.25, -0.2) is 0 Å². The number of nitrogens with zero attached hydrogens (tertiary/aromatic N) is 2. The maximum Gasteiger partial charge on any atom is 0.715 e. The topological polar surface area (TPSA) is 24.5 Å². The molecule has 0 bridgehead atoms. The summed E-state index contributed by atoms with van der Waals surface area (Å²) in [6.45, 7) is 16.0. The molecule has 3 heterocycles. The van der Waals surface area contributed by atoms with Crippen molar-refractivity contribution in [2.45, 2.75) is 110 Å². The van der Waals surface area contributed by atoms with Crippen LogP contribution in [-0.4, -0.2) is 33.8 Å². The lowest BCUT2D eigenvalue weighted by Crippen LogP contribution is -2.59. The highest BCUT2D eigenvalue weighted by Gasteiger charge is 2.73. The lowest BCUT2D eigenvalue weighted by atomic mass is 9.83. The van der Waals surface area contributed by atoms with Crippen molar-refractivity contribution in [3.8, 4) is 11.5 Å². The Kier molecular flexibility index (Phi) is 10.1. The lowest BCUT2D eigenvalue weighted by Gasteiger charge is -2.33. The number of para-hydroxylation sites is 2. The summed E-state index contributed by atoms with van der Waals surface area (Å²) in [5, 5.41) is 2.92. The molecule has 0 aromatic heterocycles. The minimum atomic E-state index is -1.21. The maximum atomic E-state index is 7.40. The molecule has 8 rings (SSSR count). The summed E-state index contributed by atoms with van der Waals surface area (Å²) in [5.74, 6) is 1.82. The third-order valence-electron chi connectivity index (χ3n) is 11.3. The molecule has 0 radical (unpaired) electrons. The smallest absolute Gasteiger partial charge is 0.339 e. The van der Waals surface area contributed by atoms with Crippen LogP contribution in [0.1, 0.15) is 114 Å². The second kappa shape index (κ2) is 14.8. The Morgan fingerprint density at radius 3 is 1.42 bits per heavy atom. The van der Waals surface area contributed by atoms with E-state index in [2.05, 4.69) is 179 Å². The quantitative estimate of drug-likeness (QED) is 0.0763. The third kappa shape index (κ3) is 7.20. The van der Waals surface area contributed by atoms with E-state index in [0.717, 1.165) is 53.3 Å². The number of unbranched alkanes of at least 4 members (excludes halogenated alkanes) is 3. The molecule has 55 heavy (non-hydrogen) atoms. The first-order valence-corrected chi connectivity index (χ1v) is 22.0. The Labute approximate surface area is 330 Å². The van der Waals surface area contributed by atoms with E-state index in [4.69, 9.17) is 9.47 Å². The van der Waals surface area contributed by atoms with E-state index in [1.165, 1.54) is 64.7 Å². The highest BCUT2D eigenvalue weighted by atomic mass is 31.1. The van der Waals surface area contributed by atoms with Crippen molar-refractivity contribution in [2.75, 3.05) is 6.16 Å². The average molecular weight is 749 g/mol. The van der Waals surface area contributed by atoms with E-state index >= 15 is 0 Å². The summed E-state index contributed by atoms with van der Waals surface area (Å²) >= 11 is 0. The number of hydrogen-bond acceptors (Lipinski definition) is 2. The molecular weight excluding hydrogens is 692 g/mol. The molecule has 4 nitrogen and oxygen atoms in total. The normalized spacial score (nSPS) is 16.9. The molecule has 3 aliphatic rings. The molecule has 5 heteroatoms. The minimum Gasteiger partial charge on any atom is -0.339 e. The van der Waals surface area contributed by atoms with Crippen LogP contribution in [0.4, 0.5) is 11.4 Å². The van der Waals surface area contributed by atoms with Gasteiger partial charge in [0.25, 0.3) is 11.4 Å². The fraction of sp³-hybridized carbons (Fsp3) is 0.360. The predicted octanol–water partition coefficient (Wildman–Crippen LogP) is 11.4. The fourth-order valence-corrected chi connectivity index (χ4v) is 10.8. The van der Waals surface area contributed by atoms with Gasteiger partial charge in [-0.2, -0.15) is 0 Å². The van der Waals surface area contributed by atoms with Crippen LogP contribution >= 0.6 is 7.92 Å². The molecule has 1 spiro atoms. The van der Waals surface area contributed by atoms with E-state index in [-0.39, 0.29) is 10.8 Å². The van der Waals surface area contributed by atoms with Crippen LogP contribution in [0, 0.1) is 0 Å². The summed E-state index contributed by atoms with van der Waals surface area (Å²) in [7, 11) is -0.392. The monoisotopic (exact) mass is 748 g/mol. The van der Waals surface area contributed by atoms with Crippen LogP contribution in [0.15, 0.2) is 109 Å². The van der Waals surface area contributed by atoms with Crippen molar-refractivity contribution in [1.82, 2.24) is 0 Å². The van der Waals surface area contributed by atoms with E-state index in [1.807, 2.05) is 0 Å². The first-order valence-electron chi connectivity index (χ1n) is 20.4. The number of aryl methyl sites for hydroxylation is 2. The third-order valence-corrected chi connectivity index (χ3v) is 13.9. The summed E-state index contributed by atoms with van der Waals surface area (Å²) in [4.78, 5) is 0. The van der Waals surface area contributed by atoms with E-state index in [0.29, 0.717) is 0 Å². The van der Waals surface area contributed by atoms with Crippen molar-refractivity contribution in [3.05, 3.63) is 143 Å². The van der Waals surface area contributed by atoms with Gasteiger partial charge in [-0.15, -0.1) is 0 Å². The number of rotatable bonds is 11. The molecule has 1 unspecified atom stereocenters. The number of hydrogen-bond donors (Lipinski definition) is 0. The average Bonchev–Trinajstić information content (AvgIpc) is 3.44. The van der Waals surface area contributed by atoms with Crippen LogP contribution < -0.4 is 20.1 Å². The molecule has 0 N–H and O–H groups in total. The molecule has 0 amide bonds. The van der Waals surface area contributed by atoms with Gasteiger partial charge in [0.1, 0.15) is 0 Å². The standard InChI is InChI=1S/C50H57N2O2P/c1-8-9-12-21-36-30-38-34-51-44-27-17-18-28-45(44)52-35-39-31-37(22-19-20-29-55(40-23-13-10-14-24-40)41-25-15-11-16-26-41)33-43(49(5,6)7)47(39)54-50(51,52)53-46(38)42(32-36)48(2,3)4/h10-11,13-18,23-28,30-35H,8-9,12,19-22,29H2,1-7H3/q+2. The molecule has 5 aromatic rings. The fourth-order valence-electron chi connectivity index (χ4n) is 8.41. The van der Waals surface area contributed by atoms with Crippen molar-refractivity contribution < 1.29 is 18.6 Å². The van der Waals surface area contributed by atoms with Crippen molar-refractivity contribution in [2.24, 2.45) is 0 Å². The Morgan fingerprint density at radius 2 is 0.982 bits per heavy atom. The first kappa shape index (κ1) is 37.4. The van der Waals surface area contributed by atoms with Gasteiger partial charge in [-0.3, -0.25) is 0 Å². The van der Waals surface area contributed by atoms with E-state index in [9.17, 15) is 0 Å². The summed E-state index contributed by atoms with van der Waals surface area (Å²) < 4.78 is 19.2. The Hall–Kier alpha value is -4.53. The zero-order valence-electron chi connectivity index (χ0n) is 33.9. The van der Waals surface area contributed by atoms with Crippen LogP contribution in [0.3, 0.4) is 0 Å². The Morgan fingerprint density at radius 1 is 0.545 bits per heavy atom. The first-order chi connectivity index (χ1) is 26.5. The molecule has 0 aliphatic carbocycles. The maximum absolute atomic E-state index is 7.40. The van der Waals surface area contributed by atoms with Gasteiger partial charge in [-0.05, 0) is 100 Å². The number of fused-ring (bicyclic) bond motifs is 5. The largest absolute Gasteiger partial charge is 0.715 e. The van der Waals surface area contributed by atoms with Crippen LogP contribution in [0.2, 0.25) is 0 Å². The Bertz CT molecular complexity index is 2220. The van der Waals surface area contributed by atoms with Gasteiger partial charge in [-0.1, -0.05) is 146 Å². The molecule has 0 saturated carbocycles. The van der Waals surface area contributed by atoms with E-state index < -0.39 is 14.0 Å². The van der Waals surface area contributed by atoms with E-state index in [1.54, 1.807) is 0 Å². The van der Waals surface area contributed by atoms with Gasteiger partial charge in [0.15, 0.2) is 23.9 Å². The van der Waals surface area contributed by atoms with Crippen LogP contribution in [0.5, 0.6) is 11.5 Å². The summed E-state index contributed by atoms with van der Waals surface area (Å²) in [6, 6.07) is 39.1. The second-order valence-corrected chi connectivity index (χ2v) is 19.9. The zero-order valence-corrected chi connectivity index (χ0v) is 34.8. The highest BCUT2D eigenvalue weighted by Crippen LogP contribution is 2.52.